The van der Waals surface area contributed by atoms with Crippen LogP contribution in [0.15, 0.2) is 54.1 Å². The number of carbonyl (C=O) groups excluding carboxylic acids is 2. The number of hydrogen-bond donors (Lipinski definition) is 1. The molecule has 1 atom stereocenters. The number of likely N-dealkylation sites (tertiary alicyclic amines) is 1. The number of benzene rings is 2. The molecule has 6 nitrogen and oxygen atoms in total. The number of methoxy groups -OCH3 is 1. The van der Waals surface area contributed by atoms with Gasteiger partial charge in [0, 0.05) is 18.7 Å². The normalized spacial score (nSPS) is 18.1. The molecule has 2 aromatic rings. The quantitative estimate of drug-likeness (QED) is 0.297. The second-order valence-electron chi connectivity index (χ2n) is 7.55. The van der Waals surface area contributed by atoms with Gasteiger partial charge in [-0.15, -0.1) is 0 Å². The van der Waals surface area contributed by atoms with Crippen molar-refractivity contribution in [1.29, 1.82) is 0 Å². The van der Waals surface area contributed by atoms with Crippen molar-refractivity contribution in [3.63, 3.8) is 0 Å². The van der Waals surface area contributed by atoms with E-state index in [-0.39, 0.29) is 24.0 Å². The minimum absolute atomic E-state index is 0.0440. The highest BCUT2D eigenvalue weighted by Gasteiger charge is 2.45. The summed E-state index contributed by atoms with van der Waals surface area (Å²) in [5.74, 6) is -1.87. The summed E-state index contributed by atoms with van der Waals surface area (Å²) in [7, 11) is 1.49. The van der Waals surface area contributed by atoms with Gasteiger partial charge in [-0.25, -0.2) is 4.39 Å². The third kappa shape index (κ3) is 4.94. The Morgan fingerprint density at radius 2 is 1.90 bits per heavy atom. The van der Waals surface area contributed by atoms with Crippen LogP contribution < -0.4 is 4.74 Å². The van der Waals surface area contributed by atoms with E-state index in [1.165, 1.54) is 30.2 Å². The first-order chi connectivity index (χ1) is 14.8. The molecule has 1 amide bonds. The number of amides is 1. The molecule has 1 saturated heterocycles. The monoisotopic (exact) mass is 427 g/mol. The molecule has 0 aromatic heterocycles. The Kier molecular flexibility index (Phi) is 7.07. The molecule has 0 radical (unpaired) electrons. The largest absolute Gasteiger partial charge is 0.507 e. The van der Waals surface area contributed by atoms with Gasteiger partial charge in [-0.05, 0) is 50.1 Å². The number of ether oxygens (including phenoxy) is 2. The summed E-state index contributed by atoms with van der Waals surface area (Å²) in [6.07, 6.45) is 0.540. The molecule has 7 heteroatoms. The molecule has 1 aliphatic rings. The van der Waals surface area contributed by atoms with Gasteiger partial charge in [0.2, 0.25) is 0 Å². The molecular weight excluding hydrogens is 401 g/mol. The van der Waals surface area contributed by atoms with Gasteiger partial charge in [-0.3, -0.25) is 9.59 Å². The molecule has 1 aliphatic heterocycles. The summed E-state index contributed by atoms with van der Waals surface area (Å²) in [5, 5.41) is 11.0. The van der Waals surface area contributed by atoms with Crippen LogP contribution in [0.4, 0.5) is 4.39 Å². The smallest absolute Gasteiger partial charge is 0.295 e. The number of aliphatic hydroxyl groups excluding tert-OH is 1. The average molecular weight is 427 g/mol. The lowest BCUT2D eigenvalue weighted by Gasteiger charge is -2.25. The van der Waals surface area contributed by atoms with Crippen LogP contribution in [0.1, 0.15) is 37.4 Å². The molecule has 1 fully saturated rings. The van der Waals surface area contributed by atoms with Crippen molar-refractivity contribution in [3.05, 3.63) is 71.0 Å². The summed E-state index contributed by atoms with van der Waals surface area (Å²) < 4.78 is 24.7. The van der Waals surface area contributed by atoms with E-state index in [9.17, 15) is 19.1 Å². The number of carbonyl (C=O) groups is 2. The number of halogens is 1. The van der Waals surface area contributed by atoms with Crippen molar-refractivity contribution in [2.45, 2.75) is 32.4 Å². The first-order valence-electron chi connectivity index (χ1n) is 10.1. The predicted octanol–water partition coefficient (Wildman–Crippen LogP) is 4.07. The lowest BCUT2D eigenvalue weighted by atomic mass is 9.95. The highest BCUT2D eigenvalue weighted by molar-refractivity contribution is 6.46. The molecule has 0 bridgehead atoms. The molecular formula is C24H26FNO5. The standard InChI is InChI=1S/C24H26FNO5/c1-15(2)31-12-6-11-26-21(16-7-4-9-18(25)13-16)20(23(28)24(26)29)22(27)17-8-5-10-19(14-17)30-3/h4-5,7-10,13-15,21,27H,6,11-12H2,1-3H3/t21-/m1/s1. The van der Waals surface area contributed by atoms with Crippen molar-refractivity contribution in [3.8, 4) is 5.75 Å². The molecule has 0 spiro atoms. The van der Waals surface area contributed by atoms with E-state index in [4.69, 9.17) is 9.47 Å². The fraction of sp³-hybridized carbons (Fsp3) is 0.333. The molecule has 31 heavy (non-hydrogen) atoms. The van der Waals surface area contributed by atoms with E-state index in [1.807, 2.05) is 13.8 Å². The van der Waals surface area contributed by atoms with Gasteiger partial charge < -0.3 is 19.5 Å². The zero-order valence-electron chi connectivity index (χ0n) is 17.8. The molecule has 0 unspecified atom stereocenters. The zero-order chi connectivity index (χ0) is 22.5. The number of nitrogens with zero attached hydrogens (tertiary/aromatic N) is 1. The van der Waals surface area contributed by atoms with Gasteiger partial charge in [0.1, 0.15) is 17.3 Å². The zero-order valence-corrected chi connectivity index (χ0v) is 17.8. The maximum Gasteiger partial charge on any atom is 0.295 e. The summed E-state index contributed by atoms with van der Waals surface area (Å²) >= 11 is 0. The van der Waals surface area contributed by atoms with Crippen molar-refractivity contribution >= 4 is 17.4 Å². The minimum Gasteiger partial charge on any atom is -0.507 e. The molecule has 1 N–H and O–H groups in total. The first kappa shape index (κ1) is 22.5. The summed E-state index contributed by atoms with van der Waals surface area (Å²) in [4.78, 5) is 27.1. The third-order valence-corrected chi connectivity index (χ3v) is 5.04. The fourth-order valence-electron chi connectivity index (χ4n) is 3.61. The van der Waals surface area contributed by atoms with Crippen molar-refractivity contribution in [2.75, 3.05) is 20.3 Å². The van der Waals surface area contributed by atoms with Crippen LogP contribution in [0.2, 0.25) is 0 Å². The lowest BCUT2D eigenvalue weighted by Crippen LogP contribution is -2.31. The number of ketones is 1. The number of aliphatic hydroxyl groups is 1. The second kappa shape index (κ2) is 9.75. The number of Topliss-reactive ketones (excluding diaryl/α,β-unsaturated/α-hetero) is 1. The molecule has 0 saturated carbocycles. The van der Waals surface area contributed by atoms with E-state index in [1.54, 1.807) is 30.3 Å². The van der Waals surface area contributed by atoms with Crippen LogP contribution in [-0.4, -0.2) is 48.1 Å². The Hall–Kier alpha value is -3.19. The fourth-order valence-corrected chi connectivity index (χ4v) is 3.61. The van der Waals surface area contributed by atoms with Gasteiger partial charge in [0.05, 0.1) is 24.8 Å². The van der Waals surface area contributed by atoms with Crippen molar-refractivity contribution < 1.29 is 28.6 Å². The summed E-state index contributed by atoms with van der Waals surface area (Å²) in [5.41, 5.74) is 0.670. The summed E-state index contributed by atoms with van der Waals surface area (Å²) in [6.45, 7) is 4.46. The topological polar surface area (TPSA) is 76.1 Å². The summed E-state index contributed by atoms with van der Waals surface area (Å²) in [6, 6.07) is 11.4. The molecule has 0 aliphatic carbocycles. The average Bonchev–Trinajstić information content (AvgIpc) is 3.01. The number of hydrogen-bond acceptors (Lipinski definition) is 5. The number of rotatable bonds is 8. The van der Waals surface area contributed by atoms with Crippen LogP contribution in [0.5, 0.6) is 5.75 Å². The maximum absolute atomic E-state index is 14.0. The molecule has 3 rings (SSSR count). The lowest BCUT2D eigenvalue weighted by molar-refractivity contribution is -0.140. The SMILES string of the molecule is COc1cccc(C(O)=C2C(=O)C(=O)N(CCCOC(C)C)[C@@H]2c2cccc(F)c2)c1. The Balaban J connectivity index is 2.05. The second-order valence-corrected chi connectivity index (χ2v) is 7.55. The van der Waals surface area contributed by atoms with Crippen molar-refractivity contribution in [1.82, 2.24) is 4.90 Å². The van der Waals surface area contributed by atoms with E-state index >= 15 is 0 Å². The highest BCUT2D eigenvalue weighted by Crippen LogP contribution is 2.39. The van der Waals surface area contributed by atoms with Crippen molar-refractivity contribution in [2.24, 2.45) is 0 Å². The van der Waals surface area contributed by atoms with Gasteiger partial charge in [-0.1, -0.05) is 24.3 Å². The first-order valence-corrected chi connectivity index (χ1v) is 10.1. The van der Waals surface area contributed by atoms with Gasteiger partial charge in [0.15, 0.2) is 0 Å². The Morgan fingerprint density at radius 3 is 2.58 bits per heavy atom. The van der Waals surface area contributed by atoms with Gasteiger partial charge in [-0.2, -0.15) is 0 Å². The highest BCUT2D eigenvalue weighted by atomic mass is 19.1. The van der Waals surface area contributed by atoms with E-state index in [0.717, 1.165) is 0 Å². The van der Waals surface area contributed by atoms with Crippen LogP contribution >= 0.6 is 0 Å². The van der Waals surface area contributed by atoms with Crippen LogP contribution in [0.3, 0.4) is 0 Å². The maximum atomic E-state index is 14.0. The van der Waals surface area contributed by atoms with E-state index in [0.29, 0.717) is 29.9 Å². The Labute approximate surface area is 180 Å². The van der Waals surface area contributed by atoms with Crippen LogP contribution in [-0.2, 0) is 14.3 Å². The third-order valence-electron chi connectivity index (χ3n) is 5.04. The Morgan fingerprint density at radius 1 is 1.16 bits per heavy atom. The minimum atomic E-state index is -0.902. The Bertz CT molecular complexity index is 1000. The van der Waals surface area contributed by atoms with Gasteiger partial charge >= 0.3 is 0 Å². The van der Waals surface area contributed by atoms with Crippen LogP contribution in [0, 0.1) is 5.82 Å². The van der Waals surface area contributed by atoms with Crippen LogP contribution in [0.25, 0.3) is 5.76 Å². The predicted molar refractivity (Wildman–Crippen MR) is 114 cm³/mol. The van der Waals surface area contributed by atoms with E-state index < -0.39 is 23.5 Å². The van der Waals surface area contributed by atoms with E-state index in [2.05, 4.69) is 0 Å². The molecule has 1 heterocycles. The molecule has 2 aromatic carbocycles. The van der Waals surface area contributed by atoms with Gasteiger partial charge in [0.25, 0.3) is 11.7 Å². The molecule has 164 valence electrons.